The number of hydrogen-bond donors (Lipinski definition) is 1. The normalized spacial score (nSPS) is 13.7. The van der Waals surface area contributed by atoms with Crippen molar-refractivity contribution >= 4 is 11.6 Å². The van der Waals surface area contributed by atoms with Crippen molar-refractivity contribution in [2.45, 2.75) is 0 Å². The van der Waals surface area contributed by atoms with E-state index in [1.807, 2.05) is 24.3 Å². The molecular weight excluding hydrogens is 230 g/mol. The van der Waals surface area contributed by atoms with Crippen LogP contribution in [-0.2, 0) is 4.79 Å². The van der Waals surface area contributed by atoms with Crippen molar-refractivity contribution in [1.29, 1.82) is 0 Å². The van der Waals surface area contributed by atoms with E-state index in [1.165, 1.54) is 0 Å². The third kappa shape index (κ3) is 2.53. The molecule has 0 atom stereocenters. The number of carbonyl (C=O) groups is 1. The maximum atomic E-state index is 11.9. The molecule has 0 aromatic heterocycles. The summed E-state index contributed by atoms with van der Waals surface area (Å²) in [4.78, 5) is 11.9. The van der Waals surface area contributed by atoms with Crippen LogP contribution in [0, 0.1) is 5.92 Å². The van der Waals surface area contributed by atoms with Crippen LogP contribution in [0.25, 0.3) is 0 Å². The molecule has 2 rings (SSSR count). The number of carbonyl (C=O) groups excluding carboxylic acids is 1. The maximum Gasteiger partial charge on any atom is 0.235 e. The number of anilines is 1. The third-order valence-corrected chi connectivity index (χ3v) is 2.70. The van der Waals surface area contributed by atoms with Gasteiger partial charge in [-0.2, -0.15) is 0 Å². The molecule has 0 spiro atoms. The Hall–Kier alpha value is -2.23. The number of amides is 1. The Bertz CT molecular complexity index is 494. The van der Waals surface area contributed by atoms with Gasteiger partial charge in [-0.15, -0.1) is 0 Å². The zero-order chi connectivity index (χ0) is 13.0. The first kappa shape index (κ1) is 12.2. The fourth-order valence-corrected chi connectivity index (χ4v) is 1.75. The topological polar surface area (TPSA) is 47.6 Å². The van der Waals surface area contributed by atoms with Gasteiger partial charge in [0.2, 0.25) is 5.91 Å². The summed E-state index contributed by atoms with van der Waals surface area (Å²) in [5, 5.41) is 2.83. The first-order chi connectivity index (χ1) is 8.74. The van der Waals surface area contributed by atoms with Crippen LogP contribution in [0.3, 0.4) is 0 Å². The molecule has 0 fully saturated rings. The van der Waals surface area contributed by atoms with Crippen LogP contribution in [0.4, 0.5) is 5.69 Å². The van der Waals surface area contributed by atoms with E-state index in [1.54, 1.807) is 32.4 Å². The molecule has 1 amide bonds. The summed E-state index contributed by atoms with van der Waals surface area (Å²) in [6.07, 6.45) is 7.41. The summed E-state index contributed by atoms with van der Waals surface area (Å²) in [5.74, 6) is 0.967. The van der Waals surface area contributed by atoms with E-state index in [9.17, 15) is 4.79 Å². The van der Waals surface area contributed by atoms with Gasteiger partial charge in [-0.1, -0.05) is 24.3 Å². The molecule has 4 nitrogen and oxygen atoms in total. The van der Waals surface area contributed by atoms with E-state index < -0.39 is 0 Å². The van der Waals surface area contributed by atoms with Gasteiger partial charge in [-0.3, -0.25) is 4.79 Å². The lowest BCUT2D eigenvalue weighted by Gasteiger charge is -2.11. The highest BCUT2D eigenvalue weighted by Gasteiger charge is 2.15. The molecule has 0 saturated heterocycles. The van der Waals surface area contributed by atoms with Gasteiger partial charge in [0.25, 0.3) is 0 Å². The van der Waals surface area contributed by atoms with Gasteiger partial charge in [-0.05, 0) is 12.1 Å². The van der Waals surface area contributed by atoms with Crippen molar-refractivity contribution in [2.24, 2.45) is 5.92 Å². The monoisotopic (exact) mass is 245 g/mol. The van der Waals surface area contributed by atoms with Crippen LogP contribution >= 0.6 is 0 Å². The van der Waals surface area contributed by atoms with Crippen molar-refractivity contribution < 1.29 is 14.3 Å². The number of methoxy groups -OCH3 is 2. The molecule has 0 unspecified atom stereocenters. The van der Waals surface area contributed by atoms with Crippen LogP contribution in [-0.4, -0.2) is 20.1 Å². The van der Waals surface area contributed by atoms with Gasteiger partial charge in [0, 0.05) is 11.8 Å². The third-order valence-electron chi connectivity index (χ3n) is 2.70. The predicted molar refractivity (Wildman–Crippen MR) is 69.9 cm³/mol. The lowest BCUT2D eigenvalue weighted by Crippen LogP contribution is -2.18. The van der Waals surface area contributed by atoms with E-state index in [-0.39, 0.29) is 11.8 Å². The molecule has 1 N–H and O–H groups in total. The Morgan fingerprint density at radius 1 is 1.11 bits per heavy atom. The van der Waals surface area contributed by atoms with E-state index in [0.29, 0.717) is 17.2 Å². The minimum absolute atomic E-state index is 0.0628. The zero-order valence-corrected chi connectivity index (χ0v) is 10.3. The molecule has 1 aliphatic carbocycles. The Morgan fingerprint density at radius 2 is 1.78 bits per heavy atom. The molecule has 1 aromatic carbocycles. The van der Waals surface area contributed by atoms with E-state index in [4.69, 9.17) is 9.47 Å². The van der Waals surface area contributed by atoms with Gasteiger partial charge in [0.05, 0.1) is 20.1 Å². The summed E-state index contributed by atoms with van der Waals surface area (Å²) in [6.45, 7) is 0. The van der Waals surface area contributed by atoms with Crippen molar-refractivity contribution in [3.05, 3.63) is 42.5 Å². The highest BCUT2D eigenvalue weighted by molar-refractivity contribution is 5.95. The minimum atomic E-state index is -0.196. The largest absolute Gasteiger partial charge is 0.493 e. The smallest absolute Gasteiger partial charge is 0.235 e. The fraction of sp³-hybridized carbons (Fsp3) is 0.214. The van der Waals surface area contributed by atoms with E-state index >= 15 is 0 Å². The summed E-state index contributed by atoms with van der Waals surface area (Å²) in [6, 6.07) is 5.27. The molecule has 4 heteroatoms. The van der Waals surface area contributed by atoms with Gasteiger partial charge >= 0.3 is 0 Å². The average Bonchev–Trinajstić information content (AvgIpc) is 2.92. The molecule has 0 bridgehead atoms. The number of nitrogens with one attached hydrogen (secondary N) is 1. The van der Waals surface area contributed by atoms with Gasteiger partial charge in [0.1, 0.15) is 0 Å². The van der Waals surface area contributed by atoms with Crippen molar-refractivity contribution in [3.63, 3.8) is 0 Å². The SMILES string of the molecule is COc1ccc(NC(=O)C2C=CC=C2)cc1OC. The lowest BCUT2D eigenvalue weighted by molar-refractivity contribution is -0.117. The summed E-state index contributed by atoms with van der Waals surface area (Å²) >= 11 is 0. The standard InChI is InChI=1S/C14H15NO3/c1-17-12-8-7-11(9-13(12)18-2)15-14(16)10-5-3-4-6-10/h3-10H,1-2H3,(H,15,16). The summed E-state index contributed by atoms with van der Waals surface area (Å²) in [5.41, 5.74) is 0.686. The van der Waals surface area contributed by atoms with E-state index in [0.717, 1.165) is 0 Å². The van der Waals surface area contributed by atoms with Gasteiger partial charge < -0.3 is 14.8 Å². The fourth-order valence-electron chi connectivity index (χ4n) is 1.75. The molecule has 18 heavy (non-hydrogen) atoms. The molecule has 94 valence electrons. The Labute approximate surface area is 106 Å². The molecule has 1 aliphatic rings. The molecule has 0 saturated carbocycles. The number of ether oxygens (including phenoxy) is 2. The quantitative estimate of drug-likeness (QED) is 0.886. The highest BCUT2D eigenvalue weighted by atomic mass is 16.5. The highest BCUT2D eigenvalue weighted by Crippen LogP contribution is 2.30. The number of rotatable bonds is 4. The van der Waals surface area contributed by atoms with Crippen LogP contribution in [0.5, 0.6) is 11.5 Å². The first-order valence-corrected chi connectivity index (χ1v) is 5.62. The predicted octanol–water partition coefficient (Wildman–Crippen LogP) is 2.38. The molecular formula is C14H15NO3. The number of allylic oxidation sites excluding steroid dienone is 2. The summed E-state index contributed by atoms with van der Waals surface area (Å²) < 4.78 is 10.3. The van der Waals surface area contributed by atoms with Crippen molar-refractivity contribution in [3.8, 4) is 11.5 Å². The van der Waals surface area contributed by atoms with Crippen LogP contribution in [0.2, 0.25) is 0 Å². The minimum Gasteiger partial charge on any atom is -0.493 e. The Morgan fingerprint density at radius 3 is 2.39 bits per heavy atom. The van der Waals surface area contributed by atoms with Gasteiger partial charge in [0.15, 0.2) is 11.5 Å². The van der Waals surface area contributed by atoms with Crippen molar-refractivity contribution in [2.75, 3.05) is 19.5 Å². The van der Waals surface area contributed by atoms with E-state index in [2.05, 4.69) is 5.32 Å². The second-order valence-corrected chi connectivity index (χ2v) is 3.85. The Balaban J connectivity index is 2.12. The van der Waals surface area contributed by atoms with Crippen LogP contribution in [0.15, 0.2) is 42.5 Å². The maximum absolute atomic E-state index is 11.9. The first-order valence-electron chi connectivity index (χ1n) is 5.62. The number of hydrogen-bond acceptors (Lipinski definition) is 3. The van der Waals surface area contributed by atoms with Gasteiger partial charge in [-0.25, -0.2) is 0 Å². The van der Waals surface area contributed by atoms with Crippen LogP contribution in [0.1, 0.15) is 0 Å². The zero-order valence-electron chi connectivity index (χ0n) is 10.3. The second kappa shape index (κ2) is 5.40. The molecule has 0 heterocycles. The second-order valence-electron chi connectivity index (χ2n) is 3.85. The average molecular weight is 245 g/mol. The summed E-state index contributed by atoms with van der Waals surface area (Å²) in [7, 11) is 3.14. The lowest BCUT2D eigenvalue weighted by atomic mass is 10.1. The molecule has 0 aliphatic heterocycles. The Kier molecular flexibility index (Phi) is 3.67. The number of benzene rings is 1. The molecule has 0 radical (unpaired) electrons. The van der Waals surface area contributed by atoms with Crippen LogP contribution < -0.4 is 14.8 Å². The van der Waals surface area contributed by atoms with Crippen molar-refractivity contribution in [1.82, 2.24) is 0 Å². The molecule has 1 aromatic rings.